The van der Waals surface area contributed by atoms with Crippen molar-refractivity contribution in [2.24, 2.45) is 9.98 Å². The summed E-state index contributed by atoms with van der Waals surface area (Å²) in [6.45, 7) is 12.8. The van der Waals surface area contributed by atoms with Gasteiger partial charge in [0.1, 0.15) is 0 Å². The van der Waals surface area contributed by atoms with Crippen LogP contribution in [0.4, 0.5) is 0 Å². The Morgan fingerprint density at radius 2 is 1.58 bits per heavy atom. The van der Waals surface area contributed by atoms with E-state index in [0.717, 1.165) is 12.3 Å². The molecule has 12 heavy (non-hydrogen) atoms. The van der Waals surface area contributed by atoms with E-state index in [2.05, 4.69) is 9.98 Å². The van der Waals surface area contributed by atoms with E-state index in [9.17, 15) is 0 Å². The summed E-state index contributed by atoms with van der Waals surface area (Å²) in [5.74, 6) is 0. The second-order valence-corrected chi connectivity index (χ2v) is 1.49. The first kappa shape index (κ1) is 17.4. The molecule has 0 atom stereocenters. The first-order valence-electron chi connectivity index (χ1n) is 4.74. The van der Waals surface area contributed by atoms with E-state index in [0.29, 0.717) is 0 Å². The van der Waals surface area contributed by atoms with Crippen LogP contribution in [0.15, 0.2) is 9.98 Å². The first-order chi connectivity index (χ1) is 5.81. The van der Waals surface area contributed by atoms with Crippen LogP contribution < -0.4 is 0 Å². The molecule has 0 spiro atoms. The lowest BCUT2D eigenvalue weighted by atomic mass is 10.5. The quantitative estimate of drug-likeness (QED) is 0.571. The minimum atomic E-state index is 0.840. The topological polar surface area (TPSA) is 24.7 Å². The van der Waals surface area contributed by atoms with E-state index in [-0.39, 0.29) is 0 Å². The molecule has 0 aromatic rings. The van der Waals surface area contributed by atoms with Gasteiger partial charge in [-0.2, -0.15) is 0 Å². The molecule has 0 saturated carbocycles. The highest BCUT2D eigenvalue weighted by molar-refractivity contribution is 6.29. The Kier molecular flexibility index (Phi) is 32.6. The van der Waals surface area contributed by atoms with Gasteiger partial charge in [0.25, 0.3) is 0 Å². The molecule has 0 unspecified atom stereocenters. The number of aliphatic imine (C=N–C) groups is 2. The third-order valence-electron chi connectivity index (χ3n) is 0.813. The lowest BCUT2D eigenvalue weighted by Crippen LogP contribution is -1.91. The van der Waals surface area contributed by atoms with Gasteiger partial charge in [-0.15, -0.1) is 0 Å². The molecule has 0 amide bonds. The maximum Gasteiger partial charge on any atom is 0.0491 e. The molecule has 0 aromatic carbocycles. The first-order valence-corrected chi connectivity index (χ1v) is 4.74. The van der Waals surface area contributed by atoms with Crippen LogP contribution in [-0.4, -0.2) is 25.5 Å². The Bertz CT molecular complexity index is 104. The Hall–Kier alpha value is -0.660. The van der Waals surface area contributed by atoms with Crippen molar-refractivity contribution in [2.75, 3.05) is 13.6 Å². The van der Waals surface area contributed by atoms with Crippen molar-refractivity contribution in [3.05, 3.63) is 0 Å². The molecule has 2 nitrogen and oxygen atoms in total. The largest absolute Gasteiger partial charge is 0.292 e. The van der Waals surface area contributed by atoms with Gasteiger partial charge in [-0.25, -0.2) is 0 Å². The predicted octanol–water partition coefficient (Wildman–Crippen LogP) is 3.22. The minimum absolute atomic E-state index is 0.840. The van der Waals surface area contributed by atoms with Crippen LogP contribution in [0.2, 0.25) is 0 Å². The summed E-state index contributed by atoms with van der Waals surface area (Å²) in [7, 11) is 1.76. The number of hydrogen-bond acceptors (Lipinski definition) is 2. The molecular formula is C10H24N2. The van der Waals surface area contributed by atoms with Crippen LogP contribution in [0.3, 0.4) is 0 Å². The molecule has 0 aliphatic carbocycles. The van der Waals surface area contributed by atoms with Gasteiger partial charge in [-0.1, -0.05) is 27.7 Å². The fourth-order valence-corrected chi connectivity index (χ4v) is 0.281. The van der Waals surface area contributed by atoms with Gasteiger partial charge in [-0.05, 0) is 13.8 Å². The van der Waals surface area contributed by atoms with E-state index in [1.54, 1.807) is 13.3 Å². The Balaban J connectivity index is -0.000000175. The molecule has 0 bridgehead atoms. The van der Waals surface area contributed by atoms with Crippen LogP contribution in [0.5, 0.6) is 0 Å². The van der Waals surface area contributed by atoms with Crippen molar-refractivity contribution in [1.29, 1.82) is 0 Å². The minimum Gasteiger partial charge on any atom is -0.292 e. The van der Waals surface area contributed by atoms with Gasteiger partial charge in [0, 0.05) is 25.5 Å². The fraction of sp³-hybridized carbons (Fsp3) is 0.800. The van der Waals surface area contributed by atoms with Crippen molar-refractivity contribution in [1.82, 2.24) is 0 Å². The third kappa shape index (κ3) is 22.8. The highest BCUT2D eigenvalue weighted by Gasteiger charge is 1.75. The molecule has 0 fully saturated rings. The molecule has 0 heterocycles. The molecule has 0 aromatic heterocycles. The zero-order valence-electron chi connectivity index (χ0n) is 9.68. The van der Waals surface area contributed by atoms with Crippen LogP contribution >= 0.6 is 0 Å². The summed E-state index contributed by atoms with van der Waals surface area (Å²) in [5, 5.41) is 0. The number of hydrogen-bond donors (Lipinski definition) is 0. The summed E-state index contributed by atoms with van der Waals surface area (Å²) >= 11 is 0. The zero-order valence-corrected chi connectivity index (χ0v) is 9.68. The van der Waals surface area contributed by atoms with E-state index in [1.165, 1.54) is 0 Å². The SMILES string of the molecule is CC.CC.CCN=CC(C)=NC. The van der Waals surface area contributed by atoms with Gasteiger partial charge in [-0.3, -0.25) is 9.98 Å². The average molecular weight is 172 g/mol. The van der Waals surface area contributed by atoms with Gasteiger partial charge in [0.2, 0.25) is 0 Å². The zero-order chi connectivity index (χ0) is 10.4. The molecule has 74 valence electrons. The highest BCUT2D eigenvalue weighted by Crippen LogP contribution is 1.69. The maximum atomic E-state index is 3.99. The molecule has 0 radical (unpaired) electrons. The van der Waals surface area contributed by atoms with Crippen molar-refractivity contribution in [3.63, 3.8) is 0 Å². The van der Waals surface area contributed by atoms with Crippen LogP contribution in [0, 0.1) is 0 Å². The van der Waals surface area contributed by atoms with Gasteiger partial charge in [0.05, 0.1) is 0 Å². The van der Waals surface area contributed by atoms with Gasteiger partial charge in [0.15, 0.2) is 0 Å². The smallest absolute Gasteiger partial charge is 0.0491 e. The molecule has 0 saturated heterocycles. The second kappa shape index (κ2) is 22.4. The highest BCUT2D eigenvalue weighted by atomic mass is 14.7. The number of rotatable bonds is 2. The molecule has 0 N–H and O–H groups in total. The van der Waals surface area contributed by atoms with Gasteiger partial charge >= 0.3 is 0 Å². The van der Waals surface area contributed by atoms with E-state index in [1.807, 2.05) is 41.5 Å². The summed E-state index contributed by atoms with van der Waals surface area (Å²) < 4.78 is 0. The molecule has 0 aliphatic heterocycles. The predicted molar refractivity (Wildman–Crippen MR) is 60.8 cm³/mol. The Morgan fingerprint density at radius 3 is 1.83 bits per heavy atom. The number of nitrogens with zero attached hydrogens (tertiary/aromatic N) is 2. The van der Waals surface area contributed by atoms with Crippen LogP contribution in [0.1, 0.15) is 41.5 Å². The summed E-state index contributed by atoms with van der Waals surface area (Å²) in [5.41, 5.74) is 0.979. The van der Waals surface area contributed by atoms with Crippen molar-refractivity contribution >= 4 is 11.9 Å². The standard InChI is InChI=1S/C6H12N2.2C2H6/c1-4-8-5-6(2)7-3;2*1-2/h5H,4H2,1-3H3;2*1-2H3. The third-order valence-corrected chi connectivity index (χ3v) is 0.813. The van der Waals surface area contributed by atoms with Crippen LogP contribution in [0.25, 0.3) is 0 Å². The molecule has 0 aliphatic rings. The summed E-state index contributed by atoms with van der Waals surface area (Å²) in [6.07, 6.45) is 1.78. The van der Waals surface area contributed by atoms with Crippen molar-refractivity contribution in [3.8, 4) is 0 Å². The molecular weight excluding hydrogens is 148 g/mol. The van der Waals surface area contributed by atoms with E-state index >= 15 is 0 Å². The molecule has 0 rings (SSSR count). The molecule has 2 heteroatoms. The second-order valence-electron chi connectivity index (χ2n) is 1.49. The summed E-state index contributed by atoms with van der Waals surface area (Å²) in [4.78, 5) is 7.88. The van der Waals surface area contributed by atoms with E-state index in [4.69, 9.17) is 0 Å². The normalized spacial score (nSPS) is 9.75. The Morgan fingerprint density at radius 1 is 1.17 bits per heavy atom. The lowest BCUT2D eigenvalue weighted by Gasteiger charge is -1.83. The Labute approximate surface area is 77.8 Å². The monoisotopic (exact) mass is 172 g/mol. The lowest BCUT2D eigenvalue weighted by molar-refractivity contribution is 1.14. The van der Waals surface area contributed by atoms with Crippen molar-refractivity contribution < 1.29 is 0 Å². The fourth-order valence-electron chi connectivity index (χ4n) is 0.281. The van der Waals surface area contributed by atoms with Crippen molar-refractivity contribution in [2.45, 2.75) is 41.5 Å². The van der Waals surface area contributed by atoms with Gasteiger partial charge < -0.3 is 0 Å². The summed E-state index contributed by atoms with van der Waals surface area (Å²) in [6, 6.07) is 0. The van der Waals surface area contributed by atoms with E-state index < -0.39 is 0 Å². The average Bonchev–Trinajstić information content (AvgIpc) is 2.20. The maximum absolute atomic E-state index is 3.99. The van der Waals surface area contributed by atoms with Crippen LogP contribution in [-0.2, 0) is 0 Å².